The molecule has 4 atom stereocenters. The first-order chi connectivity index (χ1) is 14.3. The fraction of sp³-hybridized carbons (Fsp3) is 0.476. The molecule has 9 nitrogen and oxygen atoms in total. The monoisotopic (exact) mass is 412 g/mol. The van der Waals surface area contributed by atoms with Gasteiger partial charge in [-0.15, -0.1) is 0 Å². The van der Waals surface area contributed by atoms with Gasteiger partial charge in [-0.1, -0.05) is 6.42 Å². The molecule has 1 aromatic rings. The summed E-state index contributed by atoms with van der Waals surface area (Å²) in [6.45, 7) is 1.26. The number of fused-ring (bicyclic) bond motifs is 2. The van der Waals surface area contributed by atoms with Crippen LogP contribution in [0.5, 0.6) is 0 Å². The zero-order valence-corrected chi connectivity index (χ0v) is 16.7. The van der Waals surface area contributed by atoms with Gasteiger partial charge in [0.2, 0.25) is 11.8 Å². The van der Waals surface area contributed by atoms with Crippen LogP contribution in [0.2, 0.25) is 0 Å². The molecule has 1 saturated heterocycles. The Morgan fingerprint density at radius 1 is 1.10 bits per heavy atom. The molecule has 1 aromatic carbocycles. The Morgan fingerprint density at radius 3 is 2.37 bits per heavy atom. The highest BCUT2D eigenvalue weighted by atomic mass is 16.2. The van der Waals surface area contributed by atoms with Crippen molar-refractivity contribution in [3.05, 3.63) is 29.8 Å². The molecular weight excluding hydrogens is 388 g/mol. The van der Waals surface area contributed by atoms with Crippen molar-refractivity contribution in [3.8, 4) is 0 Å². The van der Waals surface area contributed by atoms with Crippen LogP contribution in [0.4, 0.5) is 10.5 Å². The highest BCUT2D eigenvalue weighted by molar-refractivity contribution is 6.45. The molecule has 0 aromatic heterocycles. The summed E-state index contributed by atoms with van der Waals surface area (Å²) >= 11 is 0. The first kappa shape index (κ1) is 20.1. The fourth-order valence-corrected chi connectivity index (χ4v) is 5.16. The molecule has 3 N–H and O–H groups in total. The number of carbonyl (C=O) groups is 5. The lowest BCUT2D eigenvalue weighted by Crippen LogP contribution is -2.45. The number of rotatable bonds is 6. The zero-order chi connectivity index (χ0) is 21.6. The Balaban J connectivity index is 1.41. The number of imide groups is 2. The SMILES string of the molecule is C[C@H]([C@H]1C[C@H]2CC[C@H]1C2)N1C(=O)C(=O)N(CC(=O)Nc2ccc(C(N)=O)cc2)C1=O. The molecule has 1 aliphatic heterocycles. The van der Waals surface area contributed by atoms with Crippen molar-refractivity contribution >= 4 is 35.3 Å². The number of amides is 6. The van der Waals surface area contributed by atoms with Gasteiger partial charge in [-0.2, -0.15) is 0 Å². The van der Waals surface area contributed by atoms with Crippen molar-refractivity contribution in [2.45, 2.75) is 38.6 Å². The largest absolute Gasteiger partial charge is 0.366 e. The molecular formula is C21H24N4O5. The Labute approximate surface area is 173 Å². The van der Waals surface area contributed by atoms with Gasteiger partial charge in [0, 0.05) is 17.3 Å². The molecule has 1 heterocycles. The van der Waals surface area contributed by atoms with Gasteiger partial charge in [-0.05, 0) is 68.2 Å². The Morgan fingerprint density at radius 2 is 1.80 bits per heavy atom. The van der Waals surface area contributed by atoms with Crippen molar-refractivity contribution in [3.63, 3.8) is 0 Å². The predicted octanol–water partition coefficient (Wildman–Crippen LogP) is 1.34. The van der Waals surface area contributed by atoms with Crippen LogP contribution in [-0.4, -0.2) is 52.0 Å². The first-order valence-electron chi connectivity index (χ1n) is 10.1. The number of benzene rings is 1. The van der Waals surface area contributed by atoms with Crippen LogP contribution in [0.3, 0.4) is 0 Å². The van der Waals surface area contributed by atoms with Crippen LogP contribution in [0.1, 0.15) is 43.0 Å². The lowest BCUT2D eigenvalue weighted by Gasteiger charge is -2.32. The number of nitrogens with two attached hydrogens (primary N) is 1. The van der Waals surface area contributed by atoms with Crippen molar-refractivity contribution in [2.24, 2.45) is 23.5 Å². The van der Waals surface area contributed by atoms with Crippen molar-refractivity contribution in [1.82, 2.24) is 9.80 Å². The molecule has 3 aliphatic rings. The molecule has 9 heteroatoms. The summed E-state index contributed by atoms with van der Waals surface area (Å²) in [7, 11) is 0. The summed E-state index contributed by atoms with van der Waals surface area (Å²) in [5, 5.41) is 2.55. The van der Waals surface area contributed by atoms with Gasteiger partial charge in [0.15, 0.2) is 0 Å². The molecule has 2 saturated carbocycles. The van der Waals surface area contributed by atoms with E-state index in [4.69, 9.17) is 5.73 Å². The molecule has 3 fully saturated rings. The lowest BCUT2D eigenvalue weighted by molar-refractivity contribution is -0.144. The second-order valence-corrected chi connectivity index (χ2v) is 8.42. The topological polar surface area (TPSA) is 130 Å². The molecule has 30 heavy (non-hydrogen) atoms. The number of anilines is 1. The molecule has 2 bridgehead atoms. The van der Waals surface area contributed by atoms with Gasteiger partial charge in [-0.25, -0.2) is 9.69 Å². The summed E-state index contributed by atoms with van der Waals surface area (Å²) in [4.78, 5) is 62.9. The van der Waals surface area contributed by atoms with E-state index in [0.717, 1.165) is 24.2 Å². The molecule has 2 aliphatic carbocycles. The maximum atomic E-state index is 12.8. The fourth-order valence-electron chi connectivity index (χ4n) is 5.16. The number of urea groups is 1. The average Bonchev–Trinajstić information content (AvgIpc) is 3.39. The lowest BCUT2D eigenvalue weighted by atomic mass is 9.83. The zero-order valence-electron chi connectivity index (χ0n) is 16.7. The molecule has 0 unspecified atom stereocenters. The number of nitrogens with one attached hydrogen (secondary N) is 1. The number of hydrogen-bond donors (Lipinski definition) is 2. The quantitative estimate of drug-likeness (QED) is 0.538. The van der Waals surface area contributed by atoms with Crippen LogP contribution in [-0.2, 0) is 14.4 Å². The third-order valence-corrected chi connectivity index (χ3v) is 6.66. The molecule has 0 radical (unpaired) electrons. The molecule has 4 rings (SSSR count). The normalized spacial score (nSPS) is 26.4. The van der Waals surface area contributed by atoms with Crippen LogP contribution in [0, 0.1) is 17.8 Å². The Hall–Kier alpha value is -3.23. The summed E-state index contributed by atoms with van der Waals surface area (Å²) < 4.78 is 0. The van der Waals surface area contributed by atoms with Crippen LogP contribution in [0.25, 0.3) is 0 Å². The molecule has 0 spiro atoms. The van der Waals surface area contributed by atoms with E-state index in [1.807, 2.05) is 6.92 Å². The van der Waals surface area contributed by atoms with E-state index in [-0.39, 0.29) is 17.5 Å². The Kier molecular flexibility index (Phi) is 5.05. The van der Waals surface area contributed by atoms with Crippen molar-refractivity contribution in [2.75, 3.05) is 11.9 Å². The number of hydrogen-bond acceptors (Lipinski definition) is 5. The van der Waals surface area contributed by atoms with Gasteiger partial charge >= 0.3 is 17.8 Å². The third-order valence-electron chi connectivity index (χ3n) is 6.66. The Bertz CT molecular complexity index is 928. The van der Waals surface area contributed by atoms with Crippen LogP contribution in [0.15, 0.2) is 24.3 Å². The maximum absolute atomic E-state index is 12.8. The number of primary amides is 1. The van der Waals surface area contributed by atoms with E-state index in [1.165, 1.54) is 30.7 Å². The number of nitrogens with zero attached hydrogens (tertiary/aromatic N) is 2. The van der Waals surface area contributed by atoms with E-state index in [0.29, 0.717) is 22.4 Å². The van der Waals surface area contributed by atoms with E-state index in [1.54, 1.807) is 0 Å². The minimum atomic E-state index is -0.978. The summed E-state index contributed by atoms with van der Waals surface area (Å²) in [5.41, 5.74) is 5.84. The smallest absolute Gasteiger partial charge is 0.334 e. The van der Waals surface area contributed by atoms with Gasteiger partial charge in [0.05, 0.1) is 0 Å². The van der Waals surface area contributed by atoms with E-state index in [2.05, 4.69) is 5.32 Å². The van der Waals surface area contributed by atoms with Gasteiger partial charge in [0.1, 0.15) is 6.54 Å². The minimum Gasteiger partial charge on any atom is -0.366 e. The summed E-state index contributed by atoms with van der Waals surface area (Å²) in [5.74, 6) is -1.71. The third kappa shape index (κ3) is 3.44. The number of carbonyl (C=O) groups excluding carboxylic acids is 5. The minimum absolute atomic E-state index is 0.210. The molecule has 6 amide bonds. The summed E-state index contributed by atoms with van der Waals surface area (Å²) in [6.07, 6.45) is 4.39. The van der Waals surface area contributed by atoms with E-state index in [9.17, 15) is 24.0 Å². The van der Waals surface area contributed by atoms with Gasteiger partial charge < -0.3 is 11.1 Å². The predicted molar refractivity (Wildman–Crippen MR) is 106 cm³/mol. The van der Waals surface area contributed by atoms with Crippen molar-refractivity contribution < 1.29 is 24.0 Å². The maximum Gasteiger partial charge on any atom is 0.334 e. The highest BCUT2D eigenvalue weighted by Gasteiger charge is 2.52. The standard InChI is InChI=1S/C21H24N4O5/c1-11(16-9-12-2-3-14(16)8-12)25-20(29)19(28)24(21(25)30)10-17(26)23-15-6-4-13(5-7-15)18(22)27/h4-7,11-12,14,16H,2-3,8-10H2,1H3,(H2,22,27)(H,23,26)/t11-,12+,14+,16-/m1/s1. The van der Waals surface area contributed by atoms with E-state index >= 15 is 0 Å². The highest BCUT2D eigenvalue weighted by Crippen LogP contribution is 2.50. The second-order valence-electron chi connectivity index (χ2n) is 8.42. The van der Waals surface area contributed by atoms with Gasteiger partial charge in [0.25, 0.3) is 0 Å². The van der Waals surface area contributed by atoms with Crippen molar-refractivity contribution in [1.29, 1.82) is 0 Å². The van der Waals surface area contributed by atoms with Gasteiger partial charge in [-0.3, -0.25) is 24.1 Å². The van der Waals surface area contributed by atoms with Crippen LogP contribution < -0.4 is 11.1 Å². The average molecular weight is 412 g/mol. The summed E-state index contributed by atoms with van der Waals surface area (Å²) in [6, 6.07) is 4.78. The van der Waals surface area contributed by atoms with Crippen LogP contribution >= 0.6 is 0 Å². The van der Waals surface area contributed by atoms with E-state index < -0.39 is 36.2 Å². The molecule has 158 valence electrons. The second kappa shape index (κ2) is 7.55. The first-order valence-corrected chi connectivity index (χ1v) is 10.1.